The molecule has 30 heavy (non-hydrogen) atoms. The number of amides is 1. The molecule has 1 saturated heterocycles. The van der Waals surface area contributed by atoms with Crippen molar-refractivity contribution in [1.82, 2.24) is 9.88 Å². The molecule has 1 atom stereocenters. The van der Waals surface area contributed by atoms with Crippen molar-refractivity contribution in [3.63, 3.8) is 0 Å². The van der Waals surface area contributed by atoms with Gasteiger partial charge < -0.3 is 9.64 Å². The van der Waals surface area contributed by atoms with Gasteiger partial charge in [-0.15, -0.1) is 11.3 Å². The van der Waals surface area contributed by atoms with Crippen LogP contribution in [0.2, 0.25) is 5.02 Å². The Bertz CT molecular complexity index is 902. The van der Waals surface area contributed by atoms with Crippen LogP contribution in [-0.4, -0.2) is 40.5 Å². The van der Waals surface area contributed by atoms with E-state index in [-0.39, 0.29) is 17.8 Å². The molecule has 1 fully saturated rings. The molecule has 162 valence electrons. The second kappa shape index (κ2) is 9.48. The van der Waals surface area contributed by atoms with E-state index in [4.69, 9.17) is 16.3 Å². The number of Topliss-reactive ketones (excluding diaryl/α,β-unsaturated/α-hetero) is 1. The number of rotatable bonds is 5. The summed E-state index contributed by atoms with van der Waals surface area (Å²) in [5.74, 6) is 0.378. The minimum Gasteiger partial charge on any atom is -0.444 e. The number of hydrogen-bond acceptors (Lipinski definition) is 5. The third-order valence-corrected chi connectivity index (χ3v) is 6.49. The van der Waals surface area contributed by atoms with Gasteiger partial charge in [0.15, 0.2) is 0 Å². The molecular weight excluding hydrogens is 420 g/mol. The molecule has 0 N–H and O–H groups in total. The van der Waals surface area contributed by atoms with Gasteiger partial charge in [-0.1, -0.05) is 23.7 Å². The third-order valence-electron chi connectivity index (χ3n) is 5.03. The molecule has 0 radical (unpaired) electrons. The summed E-state index contributed by atoms with van der Waals surface area (Å²) in [6.45, 7) is 8.82. The van der Waals surface area contributed by atoms with Gasteiger partial charge in [0.2, 0.25) is 0 Å². The number of aromatic nitrogens is 1. The van der Waals surface area contributed by atoms with Crippen molar-refractivity contribution in [2.24, 2.45) is 5.92 Å². The Kier molecular flexibility index (Phi) is 7.19. The van der Waals surface area contributed by atoms with Crippen molar-refractivity contribution >= 4 is 34.8 Å². The van der Waals surface area contributed by atoms with Crippen molar-refractivity contribution in [3.05, 3.63) is 39.9 Å². The van der Waals surface area contributed by atoms with Gasteiger partial charge in [-0.25, -0.2) is 9.78 Å². The number of likely N-dealkylation sites (tertiary alicyclic amines) is 1. The van der Waals surface area contributed by atoms with Gasteiger partial charge in [0.1, 0.15) is 16.4 Å². The average Bonchev–Trinajstić information content (AvgIpc) is 3.01. The summed E-state index contributed by atoms with van der Waals surface area (Å²) >= 11 is 7.53. The first-order valence-corrected chi connectivity index (χ1v) is 11.5. The Hall–Kier alpha value is -1.92. The molecule has 5 nitrogen and oxygen atoms in total. The van der Waals surface area contributed by atoms with Crippen LogP contribution in [0.5, 0.6) is 0 Å². The number of nitrogens with zero attached hydrogens (tertiary/aromatic N) is 2. The van der Waals surface area contributed by atoms with Crippen LogP contribution in [0.25, 0.3) is 10.6 Å². The largest absolute Gasteiger partial charge is 0.444 e. The van der Waals surface area contributed by atoms with E-state index in [2.05, 4.69) is 4.98 Å². The zero-order valence-electron chi connectivity index (χ0n) is 18.0. The molecule has 1 aliphatic heterocycles. The van der Waals surface area contributed by atoms with Crippen molar-refractivity contribution < 1.29 is 14.3 Å². The highest BCUT2D eigenvalue weighted by Gasteiger charge is 2.29. The summed E-state index contributed by atoms with van der Waals surface area (Å²) in [7, 11) is 0. The molecule has 7 heteroatoms. The van der Waals surface area contributed by atoms with E-state index in [0.29, 0.717) is 31.0 Å². The van der Waals surface area contributed by atoms with Crippen LogP contribution in [0.3, 0.4) is 0 Å². The predicted molar refractivity (Wildman–Crippen MR) is 121 cm³/mol. The van der Waals surface area contributed by atoms with Crippen molar-refractivity contribution in [1.29, 1.82) is 0 Å². The van der Waals surface area contributed by atoms with Crippen LogP contribution < -0.4 is 0 Å². The number of halogens is 1. The fourth-order valence-corrected chi connectivity index (χ4v) is 4.83. The van der Waals surface area contributed by atoms with Crippen LogP contribution in [0.4, 0.5) is 4.79 Å². The predicted octanol–water partition coefficient (Wildman–Crippen LogP) is 5.92. The molecule has 1 aliphatic rings. The number of carbonyl (C=O) groups is 2. The SMILES string of the molecule is Cc1nc(-c2ccc(Cl)cc2)sc1CC(=O)CC1CCCN(C(=O)OC(C)(C)C)C1. The topological polar surface area (TPSA) is 59.5 Å². The van der Waals surface area contributed by atoms with E-state index in [9.17, 15) is 9.59 Å². The number of benzene rings is 1. The van der Waals surface area contributed by atoms with E-state index in [1.165, 1.54) is 0 Å². The fraction of sp³-hybridized carbons (Fsp3) is 0.522. The van der Waals surface area contributed by atoms with Crippen molar-refractivity contribution in [2.45, 2.75) is 59.0 Å². The Morgan fingerprint density at radius 3 is 2.63 bits per heavy atom. The van der Waals surface area contributed by atoms with Crippen molar-refractivity contribution in [3.8, 4) is 10.6 Å². The van der Waals surface area contributed by atoms with Gasteiger partial charge in [0.25, 0.3) is 0 Å². The Labute approximate surface area is 187 Å². The van der Waals surface area contributed by atoms with Crippen molar-refractivity contribution in [2.75, 3.05) is 13.1 Å². The number of piperidine rings is 1. The lowest BCUT2D eigenvalue weighted by Gasteiger charge is -2.34. The molecule has 1 unspecified atom stereocenters. The Morgan fingerprint density at radius 2 is 1.97 bits per heavy atom. The van der Waals surface area contributed by atoms with Gasteiger partial charge in [-0.3, -0.25) is 4.79 Å². The second-order valence-electron chi connectivity index (χ2n) is 8.89. The van der Waals surface area contributed by atoms with E-state index < -0.39 is 5.60 Å². The summed E-state index contributed by atoms with van der Waals surface area (Å²) in [5, 5.41) is 1.59. The monoisotopic (exact) mass is 448 g/mol. The maximum atomic E-state index is 12.8. The first kappa shape index (κ1) is 22.8. The van der Waals surface area contributed by atoms with Crippen LogP contribution in [-0.2, 0) is 16.0 Å². The highest BCUT2D eigenvalue weighted by atomic mass is 35.5. The lowest BCUT2D eigenvalue weighted by molar-refractivity contribution is -0.119. The van der Waals surface area contributed by atoms with Crippen LogP contribution in [0, 0.1) is 12.8 Å². The number of ketones is 1. The molecule has 2 aromatic rings. The lowest BCUT2D eigenvalue weighted by Crippen LogP contribution is -2.43. The summed E-state index contributed by atoms with van der Waals surface area (Å²) in [5.41, 5.74) is 1.40. The molecule has 3 rings (SSSR count). The van der Waals surface area contributed by atoms with Crippen LogP contribution in [0.1, 0.15) is 50.6 Å². The van der Waals surface area contributed by atoms with E-state index in [1.807, 2.05) is 52.0 Å². The number of carbonyl (C=O) groups excluding carboxylic acids is 2. The molecule has 1 amide bonds. The van der Waals surface area contributed by atoms with Gasteiger partial charge in [-0.2, -0.15) is 0 Å². The highest BCUT2D eigenvalue weighted by Crippen LogP contribution is 2.30. The zero-order chi connectivity index (χ0) is 21.9. The molecule has 0 saturated carbocycles. The standard InChI is InChI=1S/C23H29ClN2O3S/c1-15-20(30-21(25-15)17-7-9-18(24)10-8-17)13-19(27)12-16-6-5-11-26(14-16)22(28)29-23(2,3)4/h7-10,16H,5-6,11-14H2,1-4H3. The Balaban J connectivity index is 1.58. The number of thiazole rings is 1. The van der Waals surface area contributed by atoms with Crippen LogP contribution >= 0.6 is 22.9 Å². The molecule has 2 heterocycles. The lowest BCUT2D eigenvalue weighted by atomic mass is 9.92. The van der Waals surface area contributed by atoms with E-state index in [1.54, 1.807) is 16.2 Å². The number of ether oxygens (including phenoxy) is 1. The fourth-order valence-electron chi connectivity index (χ4n) is 3.61. The van der Waals surface area contributed by atoms with E-state index in [0.717, 1.165) is 34.0 Å². The minimum atomic E-state index is -0.509. The summed E-state index contributed by atoms with van der Waals surface area (Å²) in [6, 6.07) is 7.58. The third kappa shape index (κ3) is 6.29. The molecule has 1 aromatic carbocycles. The first-order valence-electron chi connectivity index (χ1n) is 10.3. The summed E-state index contributed by atoms with van der Waals surface area (Å²) in [4.78, 5) is 32.5. The normalized spacial score (nSPS) is 17.1. The molecule has 1 aromatic heterocycles. The zero-order valence-corrected chi connectivity index (χ0v) is 19.6. The maximum Gasteiger partial charge on any atom is 0.410 e. The minimum absolute atomic E-state index is 0.183. The summed E-state index contributed by atoms with van der Waals surface area (Å²) in [6.07, 6.45) is 2.44. The van der Waals surface area contributed by atoms with Gasteiger partial charge in [0.05, 0.1) is 5.69 Å². The smallest absolute Gasteiger partial charge is 0.410 e. The average molecular weight is 449 g/mol. The van der Waals surface area contributed by atoms with Gasteiger partial charge in [-0.05, 0) is 58.6 Å². The molecule has 0 bridgehead atoms. The summed E-state index contributed by atoms with van der Waals surface area (Å²) < 4.78 is 5.48. The Morgan fingerprint density at radius 1 is 1.27 bits per heavy atom. The van der Waals surface area contributed by atoms with E-state index >= 15 is 0 Å². The molecular formula is C23H29ClN2O3S. The number of aryl methyl sites for hydroxylation is 1. The van der Waals surface area contributed by atoms with Gasteiger partial charge in [0, 0.05) is 41.4 Å². The molecule has 0 aliphatic carbocycles. The van der Waals surface area contributed by atoms with Crippen LogP contribution in [0.15, 0.2) is 24.3 Å². The molecule has 0 spiro atoms. The van der Waals surface area contributed by atoms with Gasteiger partial charge >= 0.3 is 6.09 Å². The maximum absolute atomic E-state index is 12.8. The second-order valence-corrected chi connectivity index (χ2v) is 10.4. The number of hydrogen-bond donors (Lipinski definition) is 0. The first-order chi connectivity index (χ1) is 14.1. The quantitative estimate of drug-likeness (QED) is 0.569. The highest BCUT2D eigenvalue weighted by molar-refractivity contribution is 7.15.